The predicted octanol–water partition coefficient (Wildman–Crippen LogP) is 5.64. The molecule has 7 heteroatoms. The molecule has 1 aliphatic rings. The Bertz CT molecular complexity index is 1150. The number of benzene rings is 3. The van der Waals surface area contributed by atoms with Gasteiger partial charge in [0.25, 0.3) is 0 Å². The van der Waals surface area contributed by atoms with Crippen LogP contribution in [0.2, 0.25) is 5.02 Å². The minimum Gasteiger partial charge on any atom is -0.620 e. The molecule has 0 bridgehead atoms. The Labute approximate surface area is 204 Å². The number of anilines is 1. The lowest BCUT2D eigenvalue weighted by molar-refractivity contribution is -0.547. The van der Waals surface area contributed by atoms with E-state index in [4.69, 9.17) is 16.6 Å². The van der Waals surface area contributed by atoms with Crippen LogP contribution >= 0.6 is 23.4 Å². The van der Waals surface area contributed by atoms with Crippen LogP contribution < -0.4 is 4.90 Å². The lowest BCUT2D eigenvalue weighted by Crippen LogP contribution is -2.48. The van der Waals surface area contributed by atoms with Crippen LogP contribution in [0, 0.1) is 5.21 Å². The van der Waals surface area contributed by atoms with E-state index in [1.807, 2.05) is 104 Å². The Balaban J connectivity index is 2.03. The van der Waals surface area contributed by atoms with E-state index >= 15 is 0 Å². The second-order valence-corrected chi connectivity index (χ2v) is 9.56. The van der Waals surface area contributed by atoms with Crippen LogP contribution in [-0.4, -0.2) is 46.9 Å². The molecular weight excluding hydrogens is 452 g/mol. The van der Waals surface area contributed by atoms with Gasteiger partial charge < -0.3 is 10.1 Å². The molecule has 0 amide bonds. The molecular formula is C26H27ClN4OS. The van der Waals surface area contributed by atoms with Crippen LogP contribution in [-0.2, 0) is 5.79 Å². The van der Waals surface area contributed by atoms with Gasteiger partial charge in [0.05, 0.1) is 5.56 Å². The first-order valence-electron chi connectivity index (χ1n) is 10.8. The molecule has 1 heterocycles. The van der Waals surface area contributed by atoms with Crippen molar-refractivity contribution in [1.29, 1.82) is 0 Å². The topological polar surface area (TPSA) is 44.9 Å². The van der Waals surface area contributed by atoms with E-state index in [1.54, 1.807) is 11.8 Å². The largest absolute Gasteiger partial charge is 0.620 e. The van der Waals surface area contributed by atoms with Gasteiger partial charge in [-0.2, -0.15) is 9.73 Å². The van der Waals surface area contributed by atoms with Crippen molar-refractivity contribution in [2.24, 2.45) is 4.99 Å². The highest BCUT2D eigenvalue weighted by Crippen LogP contribution is 2.41. The molecule has 0 N–H and O–H groups in total. The molecule has 1 unspecified atom stereocenters. The van der Waals surface area contributed by atoms with E-state index < -0.39 is 5.79 Å². The van der Waals surface area contributed by atoms with Crippen molar-refractivity contribution in [3.8, 4) is 0 Å². The average Bonchev–Trinajstić information content (AvgIpc) is 3.13. The molecule has 0 spiro atoms. The van der Waals surface area contributed by atoms with Gasteiger partial charge in [0.1, 0.15) is 6.54 Å². The molecule has 5 nitrogen and oxygen atoms in total. The Morgan fingerprint density at radius 2 is 1.64 bits per heavy atom. The van der Waals surface area contributed by atoms with Gasteiger partial charge in [0.15, 0.2) is 5.17 Å². The molecule has 0 fully saturated rings. The summed E-state index contributed by atoms with van der Waals surface area (Å²) in [5, 5.41) is 15.8. The van der Waals surface area contributed by atoms with Gasteiger partial charge in [-0.3, -0.25) is 4.90 Å². The zero-order valence-corrected chi connectivity index (χ0v) is 20.6. The number of hydroxylamine groups is 1. The summed E-state index contributed by atoms with van der Waals surface area (Å²) in [7, 11) is 3.91. The van der Waals surface area contributed by atoms with Crippen molar-refractivity contribution in [2.45, 2.75) is 12.7 Å². The summed E-state index contributed by atoms with van der Waals surface area (Å²) in [5.74, 6) is -0.459. The fraction of sp³-hybridized carbons (Fsp3) is 0.231. The maximum atomic E-state index is 14.3. The lowest BCUT2D eigenvalue weighted by Gasteiger charge is -2.34. The second kappa shape index (κ2) is 9.89. The third kappa shape index (κ3) is 4.45. The maximum absolute atomic E-state index is 14.3. The van der Waals surface area contributed by atoms with E-state index in [0.29, 0.717) is 17.3 Å². The third-order valence-electron chi connectivity index (χ3n) is 5.53. The first-order valence-corrected chi connectivity index (χ1v) is 12.2. The molecule has 3 aromatic carbocycles. The Morgan fingerprint density at radius 1 is 1.03 bits per heavy atom. The smallest absolute Gasteiger partial charge is 0.379 e. The van der Waals surface area contributed by atoms with Gasteiger partial charge in [-0.05, 0) is 54.3 Å². The first kappa shape index (κ1) is 23.2. The summed E-state index contributed by atoms with van der Waals surface area (Å²) in [6, 6.07) is 27.2. The SMILES string of the molecule is CCS/C(=N\C1(c2ccccc2)N(c2ccc(Cl)cc2)CC(c2ccccc2)=[N+]1[O-])N(C)C. The molecule has 1 aliphatic heterocycles. The number of aliphatic imine (C=N–C) groups is 1. The molecule has 170 valence electrons. The highest BCUT2D eigenvalue weighted by Gasteiger charge is 2.55. The predicted molar refractivity (Wildman–Crippen MR) is 140 cm³/mol. The monoisotopic (exact) mass is 478 g/mol. The van der Waals surface area contributed by atoms with Crippen LogP contribution in [0.25, 0.3) is 0 Å². The summed E-state index contributed by atoms with van der Waals surface area (Å²) >= 11 is 7.81. The average molecular weight is 479 g/mol. The minimum atomic E-state index is -1.30. The van der Waals surface area contributed by atoms with Gasteiger partial charge >= 0.3 is 5.79 Å². The quantitative estimate of drug-likeness (QED) is 0.206. The minimum absolute atomic E-state index is 0.408. The molecule has 3 aromatic rings. The summed E-state index contributed by atoms with van der Waals surface area (Å²) < 4.78 is 1.08. The fourth-order valence-corrected chi connectivity index (χ4v) is 4.82. The number of hydrogen-bond donors (Lipinski definition) is 0. The molecule has 0 saturated carbocycles. The number of hydrogen-bond acceptors (Lipinski definition) is 4. The van der Waals surface area contributed by atoms with E-state index in [9.17, 15) is 5.21 Å². The van der Waals surface area contributed by atoms with Crippen LogP contribution in [0.4, 0.5) is 5.69 Å². The Morgan fingerprint density at radius 3 is 2.21 bits per heavy atom. The summed E-state index contributed by atoms with van der Waals surface area (Å²) in [5.41, 5.74) is 3.22. The second-order valence-electron chi connectivity index (χ2n) is 7.89. The van der Waals surface area contributed by atoms with Crippen LogP contribution in [0.15, 0.2) is 89.9 Å². The van der Waals surface area contributed by atoms with Crippen LogP contribution in [0.1, 0.15) is 18.1 Å². The van der Waals surface area contributed by atoms with Crippen molar-refractivity contribution in [3.63, 3.8) is 0 Å². The highest BCUT2D eigenvalue weighted by atomic mass is 35.5. The highest BCUT2D eigenvalue weighted by molar-refractivity contribution is 8.13. The van der Waals surface area contributed by atoms with E-state index in [2.05, 4.69) is 11.8 Å². The van der Waals surface area contributed by atoms with Gasteiger partial charge in [-0.1, -0.05) is 66.7 Å². The summed E-state index contributed by atoms with van der Waals surface area (Å²) in [6.45, 7) is 2.49. The molecule has 33 heavy (non-hydrogen) atoms. The van der Waals surface area contributed by atoms with Crippen LogP contribution in [0.3, 0.4) is 0 Å². The fourth-order valence-electron chi connectivity index (χ4n) is 3.98. The maximum Gasteiger partial charge on any atom is 0.379 e. The molecule has 1 atom stereocenters. The molecule has 0 aliphatic carbocycles. The number of nitrogens with zero attached hydrogens (tertiary/aromatic N) is 4. The van der Waals surface area contributed by atoms with Crippen molar-refractivity contribution in [2.75, 3.05) is 31.3 Å². The molecule has 0 saturated heterocycles. The van der Waals surface area contributed by atoms with Gasteiger partial charge in [0.2, 0.25) is 5.71 Å². The first-order chi connectivity index (χ1) is 16.0. The zero-order valence-electron chi connectivity index (χ0n) is 19.0. The summed E-state index contributed by atoms with van der Waals surface area (Å²) in [4.78, 5) is 9.22. The van der Waals surface area contributed by atoms with E-state index in [1.165, 1.54) is 0 Å². The van der Waals surface area contributed by atoms with Gasteiger partial charge in [0, 0.05) is 30.4 Å². The summed E-state index contributed by atoms with van der Waals surface area (Å²) in [6.07, 6.45) is 0. The number of rotatable bonds is 5. The number of thioether (sulfide) groups is 1. The molecule has 0 radical (unpaired) electrons. The van der Waals surface area contributed by atoms with Crippen molar-refractivity contribution in [1.82, 2.24) is 4.90 Å². The van der Waals surface area contributed by atoms with E-state index in [0.717, 1.165) is 32.5 Å². The standard InChI is InChI=1S/C26H27ClN4OS/c1-4-33-25(29(2)3)28-26(21-13-9-6-10-14-21)30(23-17-15-22(27)16-18-23)19-24(31(26)32)20-11-7-5-8-12-20/h5-18H,4,19H2,1-3H3/b28-25-. The van der Waals surface area contributed by atoms with Gasteiger partial charge in [-0.15, -0.1) is 0 Å². The lowest BCUT2D eigenvalue weighted by atomic mass is 10.1. The zero-order chi connectivity index (χ0) is 23.4. The number of amidine groups is 1. The molecule has 0 aromatic heterocycles. The normalized spacial score (nSPS) is 18.7. The van der Waals surface area contributed by atoms with Crippen molar-refractivity contribution >= 4 is 39.9 Å². The Hall–Kier alpha value is -2.96. The van der Waals surface area contributed by atoms with Crippen molar-refractivity contribution < 1.29 is 4.74 Å². The van der Waals surface area contributed by atoms with Crippen LogP contribution in [0.5, 0.6) is 0 Å². The Kier molecular flexibility index (Phi) is 6.96. The molecule has 4 rings (SSSR count). The number of halogens is 1. The van der Waals surface area contributed by atoms with Gasteiger partial charge in [-0.25, -0.2) is 0 Å². The van der Waals surface area contributed by atoms with Crippen molar-refractivity contribution in [3.05, 3.63) is 106 Å². The third-order valence-corrected chi connectivity index (χ3v) is 6.78. The van der Waals surface area contributed by atoms with E-state index in [-0.39, 0.29) is 0 Å².